The number of fused-ring (bicyclic) bond motifs is 9. The van der Waals surface area contributed by atoms with Crippen molar-refractivity contribution in [3.8, 4) is 44.5 Å². The van der Waals surface area contributed by atoms with Gasteiger partial charge in [-0.3, -0.25) is 0 Å². The second-order valence-electron chi connectivity index (χ2n) is 17.3. The summed E-state index contributed by atoms with van der Waals surface area (Å²) in [6.45, 7) is 4.42. The maximum atomic E-state index is 6.45. The number of furan rings is 3. The van der Waals surface area contributed by atoms with Crippen LogP contribution in [0, 0.1) is 13.8 Å². The van der Waals surface area contributed by atoms with Crippen molar-refractivity contribution in [1.82, 2.24) is 0 Å². The summed E-state index contributed by atoms with van der Waals surface area (Å²) in [5.41, 5.74) is 20.1. The Morgan fingerprint density at radius 3 is 1.30 bits per heavy atom. The molecule has 0 spiro atoms. The van der Waals surface area contributed by atoms with Crippen LogP contribution >= 0.6 is 0 Å². The van der Waals surface area contributed by atoms with Gasteiger partial charge in [0.2, 0.25) is 0 Å². The molecule has 0 aliphatic carbocycles. The minimum atomic E-state index is 0.891. The Morgan fingerprint density at radius 1 is 0.273 bits per heavy atom. The zero-order valence-electron chi connectivity index (χ0n) is 36.4. The molecule has 4 nitrogen and oxygen atoms in total. The number of para-hydroxylation sites is 5. The van der Waals surface area contributed by atoms with Crippen LogP contribution in [0.15, 0.2) is 226 Å². The monoisotopic (exact) mass is 847 g/mol. The first kappa shape index (κ1) is 37.9. The Hall–Kier alpha value is -8.60. The smallest absolute Gasteiger partial charge is 0.143 e. The molecule has 0 radical (unpaired) electrons. The van der Waals surface area contributed by atoms with Gasteiger partial charge in [0.05, 0.1) is 0 Å². The molecule has 0 aliphatic rings. The Kier molecular flexibility index (Phi) is 8.62. The van der Waals surface area contributed by atoms with Crippen LogP contribution in [-0.4, -0.2) is 0 Å². The number of aryl methyl sites for hydroxylation is 2. The van der Waals surface area contributed by atoms with Gasteiger partial charge in [0.1, 0.15) is 33.5 Å². The molecule has 10 aromatic carbocycles. The van der Waals surface area contributed by atoms with Crippen LogP contribution in [0.3, 0.4) is 0 Å². The van der Waals surface area contributed by atoms with Crippen LogP contribution in [0.25, 0.3) is 110 Å². The molecule has 0 unspecified atom stereocenters. The molecule has 0 aliphatic heterocycles. The molecule has 13 rings (SSSR count). The largest absolute Gasteiger partial charge is 0.456 e. The summed E-state index contributed by atoms with van der Waals surface area (Å²) >= 11 is 0. The molecular formula is C62H41NO3. The molecular weight excluding hydrogens is 807 g/mol. The van der Waals surface area contributed by atoms with Crippen LogP contribution in [0.1, 0.15) is 11.1 Å². The average molecular weight is 848 g/mol. The van der Waals surface area contributed by atoms with Gasteiger partial charge in [-0.05, 0) is 125 Å². The van der Waals surface area contributed by atoms with E-state index in [4.69, 9.17) is 13.3 Å². The van der Waals surface area contributed by atoms with Crippen LogP contribution in [0.4, 0.5) is 17.1 Å². The van der Waals surface area contributed by atoms with Gasteiger partial charge in [-0.2, -0.15) is 0 Å². The summed E-state index contributed by atoms with van der Waals surface area (Å²) in [4.78, 5) is 2.35. The summed E-state index contributed by atoms with van der Waals surface area (Å²) in [5, 5.41) is 6.79. The van der Waals surface area contributed by atoms with Crippen molar-refractivity contribution < 1.29 is 13.3 Å². The van der Waals surface area contributed by atoms with E-state index in [0.717, 1.165) is 116 Å². The number of rotatable bonds is 7. The lowest BCUT2D eigenvalue weighted by Crippen LogP contribution is -2.10. The Bertz CT molecular complexity index is 4020. The number of benzene rings is 10. The highest BCUT2D eigenvalue weighted by Gasteiger charge is 2.19. The zero-order chi connectivity index (χ0) is 43.9. The topological polar surface area (TPSA) is 42.7 Å². The van der Waals surface area contributed by atoms with Crippen molar-refractivity contribution in [3.63, 3.8) is 0 Å². The second-order valence-corrected chi connectivity index (χ2v) is 17.3. The highest BCUT2D eigenvalue weighted by molar-refractivity contribution is 6.11. The standard InChI is InChI=1S/C62H41NO3/c1-38-35-43(50-15-10-17-56-53-13-5-8-20-59(53)66-62(50)56)26-32-47(38)48-34-31-46(36-39(48)2)63(44-27-21-40(22-28-44)42-25-33-54-51-11-3-6-18-57(51)64-60(54)37-42)45-29-23-41(24-30-45)49-14-9-16-55-52-12-4-7-19-58(52)65-61(49)55/h3-37H,1-2H3. The summed E-state index contributed by atoms with van der Waals surface area (Å²) in [6.07, 6.45) is 0. The molecule has 312 valence electrons. The third-order valence-corrected chi connectivity index (χ3v) is 13.4. The third-order valence-electron chi connectivity index (χ3n) is 13.4. The highest BCUT2D eigenvalue weighted by atomic mass is 16.3. The maximum absolute atomic E-state index is 6.45. The van der Waals surface area contributed by atoms with Gasteiger partial charge in [-0.25, -0.2) is 0 Å². The van der Waals surface area contributed by atoms with E-state index >= 15 is 0 Å². The van der Waals surface area contributed by atoms with E-state index in [1.165, 1.54) is 22.3 Å². The van der Waals surface area contributed by atoms with Gasteiger partial charge >= 0.3 is 0 Å². The van der Waals surface area contributed by atoms with Crippen LogP contribution < -0.4 is 4.90 Å². The summed E-state index contributed by atoms with van der Waals surface area (Å²) < 4.78 is 19.1. The number of hydrogen-bond donors (Lipinski definition) is 0. The SMILES string of the molecule is Cc1cc(-c2cccc3c2oc2ccccc23)ccc1-c1ccc(N(c2ccc(-c3ccc4c(c3)oc3ccccc34)cc2)c2ccc(-c3cccc4c3oc3ccccc34)cc2)cc1C. The predicted octanol–water partition coefficient (Wildman–Crippen LogP) is 18.1. The molecule has 0 fully saturated rings. The average Bonchev–Trinajstić information content (AvgIpc) is 4.06. The van der Waals surface area contributed by atoms with Gasteiger partial charge in [0, 0.05) is 60.5 Å². The molecule has 0 bridgehead atoms. The quantitative estimate of drug-likeness (QED) is 0.160. The van der Waals surface area contributed by atoms with Crippen LogP contribution in [0.2, 0.25) is 0 Å². The fourth-order valence-corrected chi connectivity index (χ4v) is 10.1. The first-order valence-electron chi connectivity index (χ1n) is 22.5. The molecule has 3 heterocycles. The van der Waals surface area contributed by atoms with Gasteiger partial charge < -0.3 is 18.2 Å². The van der Waals surface area contributed by atoms with Crippen molar-refractivity contribution >= 4 is 82.9 Å². The zero-order valence-corrected chi connectivity index (χ0v) is 36.4. The Balaban J connectivity index is 0.876. The number of nitrogens with zero attached hydrogens (tertiary/aromatic N) is 1. The van der Waals surface area contributed by atoms with Crippen LogP contribution in [-0.2, 0) is 0 Å². The van der Waals surface area contributed by atoms with E-state index in [2.05, 4.69) is 195 Å². The highest BCUT2D eigenvalue weighted by Crippen LogP contribution is 2.43. The molecule has 0 saturated carbocycles. The molecule has 0 N–H and O–H groups in total. The fourth-order valence-electron chi connectivity index (χ4n) is 10.1. The molecule has 13 aromatic rings. The van der Waals surface area contributed by atoms with Crippen LogP contribution in [0.5, 0.6) is 0 Å². The molecule has 3 aromatic heterocycles. The third kappa shape index (κ3) is 6.14. The fraction of sp³-hybridized carbons (Fsp3) is 0.0323. The molecule has 0 amide bonds. The van der Waals surface area contributed by atoms with Gasteiger partial charge in [-0.1, -0.05) is 146 Å². The molecule has 4 heteroatoms. The summed E-state index contributed by atoms with van der Waals surface area (Å²) in [6, 6.07) is 75.4. The second kappa shape index (κ2) is 15.0. The lowest BCUT2D eigenvalue weighted by molar-refractivity contribution is 0.669. The van der Waals surface area contributed by atoms with Crippen molar-refractivity contribution in [2.45, 2.75) is 13.8 Å². The van der Waals surface area contributed by atoms with Gasteiger partial charge in [0.15, 0.2) is 0 Å². The number of anilines is 3. The summed E-state index contributed by atoms with van der Waals surface area (Å²) in [5.74, 6) is 0. The first-order valence-corrected chi connectivity index (χ1v) is 22.5. The first-order chi connectivity index (χ1) is 32.5. The van der Waals surface area contributed by atoms with E-state index in [9.17, 15) is 0 Å². The normalized spacial score (nSPS) is 11.8. The Morgan fingerprint density at radius 2 is 0.712 bits per heavy atom. The van der Waals surface area contributed by atoms with Gasteiger partial charge in [-0.15, -0.1) is 0 Å². The summed E-state index contributed by atoms with van der Waals surface area (Å²) in [7, 11) is 0. The minimum absolute atomic E-state index is 0.891. The predicted molar refractivity (Wildman–Crippen MR) is 274 cm³/mol. The van der Waals surface area contributed by atoms with Crippen molar-refractivity contribution in [1.29, 1.82) is 0 Å². The van der Waals surface area contributed by atoms with E-state index in [1.54, 1.807) is 0 Å². The minimum Gasteiger partial charge on any atom is -0.456 e. The molecule has 0 atom stereocenters. The maximum Gasteiger partial charge on any atom is 0.143 e. The van der Waals surface area contributed by atoms with Crippen molar-refractivity contribution in [3.05, 3.63) is 223 Å². The number of hydrogen-bond acceptors (Lipinski definition) is 4. The Labute approximate surface area is 381 Å². The molecule has 0 saturated heterocycles. The lowest BCUT2D eigenvalue weighted by Gasteiger charge is -2.27. The lowest BCUT2D eigenvalue weighted by atomic mass is 9.92. The van der Waals surface area contributed by atoms with Crippen molar-refractivity contribution in [2.75, 3.05) is 4.90 Å². The van der Waals surface area contributed by atoms with Crippen molar-refractivity contribution in [2.24, 2.45) is 0 Å². The van der Waals surface area contributed by atoms with E-state index < -0.39 is 0 Å². The van der Waals surface area contributed by atoms with Gasteiger partial charge in [0.25, 0.3) is 0 Å². The van der Waals surface area contributed by atoms with E-state index in [0.29, 0.717) is 0 Å². The van der Waals surface area contributed by atoms with E-state index in [-0.39, 0.29) is 0 Å². The van der Waals surface area contributed by atoms with E-state index in [1.807, 2.05) is 36.4 Å². The molecule has 66 heavy (non-hydrogen) atoms.